The predicted octanol–water partition coefficient (Wildman–Crippen LogP) is 2.29. The fourth-order valence-corrected chi connectivity index (χ4v) is 3.50. The van der Waals surface area contributed by atoms with Crippen molar-refractivity contribution in [2.24, 2.45) is 0 Å². The van der Waals surface area contributed by atoms with Crippen LogP contribution in [0, 0.1) is 10.1 Å². The summed E-state index contributed by atoms with van der Waals surface area (Å²) in [6.45, 7) is 4.92. The Morgan fingerprint density at radius 1 is 1.17 bits per heavy atom. The van der Waals surface area contributed by atoms with Gasteiger partial charge in [0, 0.05) is 17.0 Å². The van der Waals surface area contributed by atoms with E-state index >= 15 is 0 Å². The summed E-state index contributed by atoms with van der Waals surface area (Å²) in [7, 11) is 1.20. The van der Waals surface area contributed by atoms with Crippen molar-refractivity contribution >= 4 is 17.6 Å². The number of fused-ring (bicyclic) bond motifs is 1. The van der Waals surface area contributed by atoms with E-state index in [0.717, 1.165) is 0 Å². The fraction of sp³-hybridized carbons (Fsp3) is 0.368. The molecule has 3 rings (SSSR count). The van der Waals surface area contributed by atoms with Crippen molar-refractivity contribution in [1.29, 1.82) is 0 Å². The molecule has 0 saturated heterocycles. The number of hydrogen-bond donors (Lipinski definition) is 1. The molecule has 1 N–H and O–H groups in total. The molecular weight excluding hydrogens is 384 g/mol. The Hall–Kier alpha value is -3.56. The number of nitrogens with zero attached hydrogens (tertiary/aromatic N) is 1. The highest BCUT2D eigenvalue weighted by Crippen LogP contribution is 2.47. The lowest BCUT2D eigenvalue weighted by molar-refractivity contribution is -0.385. The van der Waals surface area contributed by atoms with Crippen LogP contribution in [0.15, 0.2) is 34.7 Å². The van der Waals surface area contributed by atoms with Gasteiger partial charge >= 0.3 is 11.9 Å². The first-order valence-electron chi connectivity index (χ1n) is 8.82. The number of ether oxygens (including phenoxy) is 4. The van der Waals surface area contributed by atoms with E-state index in [9.17, 15) is 19.7 Å². The summed E-state index contributed by atoms with van der Waals surface area (Å²) in [5, 5.41) is 14.8. The number of rotatable bonds is 5. The minimum Gasteiger partial charge on any atom is -0.466 e. The molecule has 0 bridgehead atoms. The molecule has 10 nitrogen and oxygen atoms in total. The monoisotopic (exact) mass is 404 g/mol. The van der Waals surface area contributed by atoms with Crippen LogP contribution in [0.25, 0.3) is 0 Å². The van der Waals surface area contributed by atoms with Crippen molar-refractivity contribution in [3.05, 3.63) is 50.4 Å². The van der Waals surface area contributed by atoms with Gasteiger partial charge in [0.2, 0.25) is 6.79 Å². The van der Waals surface area contributed by atoms with E-state index < -0.39 is 22.8 Å². The van der Waals surface area contributed by atoms with Crippen molar-refractivity contribution in [1.82, 2.24) is 5.32 Å². The summed E-state index contributed by atoms with van der Waals surface area (Å²) in [5.41, 5.74) is 0.778. The second-order valence-electron chi connectivity index (χ2n) is 6.37. The van der Waals surface area contributed by atoms with Crippen LogP contribution in [0.4, 0.5) is 5.69 Å². The molecule has 0 aromatic heterocycles. The van der Waals surface area contributed by atoms with Crippen LogP contribution in [0.3, 0.4) is 0 Å². The van der Waals surface area contributed by atoms with Crippen LogP contribution in [-0.4, -0.2) is 37.4 Å². The number of nitro groups is 1. The van der Waals surface area contributed by atoms with Gasteiger partial charge in [-0.05, 0) is 26.8 Å². The zero-order valence-electron chi connectivity index (χ0n) is 16.4. The van der Waals surface area contributed by atoms with E-state index in [4.69, 9.17) is 18.9 Å². The molecular formula is C19H20N2O8. The van der Waals surface area contributed by atoms with Gasteiger partial charge in [0.05, 0.1) is 41.8 Å². The first-order valence-corrected chi connectivity index (χ1v) is 8.82. The Kier molecular flexibility index (Phi) is 5.44. The maximum atomic E-state index is 12.7. The molecule has 0 saturated carbocycles. The highest BCUT2D eigenvalue weighted by Gasteiger charge is 2.42. The molecule has 10 heteroatoms. The van der Waals surface area contributed by atoms with Gasteiger partial charge in [0.1, 0.15) is 0 Å². The molecule has 1 atom stereocenters. The minimum atomic E-state index is -1.09. The predicted molar refractivity (Wildman–Crippen MR) is 99.1 cm³/mol. The highest BCUT2D eigenvalue weighted by molar-refractivity contribution is 6.00. The standard InChI is InChI=1S/C19H20N2O8/c1-5-27-19(23)16-10(3)20-9(2)15(18(22)26-4)17(16)11-6-13-14(29-8-28-13)7-12(11)21(24)25/h6-7,17,20H,5,8H2,1-4H3. The number of benzene rings is 1. The van der Waals surface area contributed by atoms with Gasteiger partial charge in [-0.1, -0.05) is 0 Å². The van der Waals surface area contributed by atoms with E-state index in [1.54, 1.807) is 20.8 Å². The van der Waals surface area contributed by atoms with Gasteiger partial charge in [-0.3, -0.25) is 10.1 Å². The third kappa shape index (κ3) is 3.48. The fourth-order valence-electron chi connectivity index (χ4n) is 3.50. The molecule has 2 heterocycles. The van der Waals surface area contributed by atoms with Crippen LogP contribution in [-0.2, 0) is 19.1 Å². The van der Waals surface area contributed by atoms with Gasteiger partial charge in [-0.25, -0.2) is 9.59 Å². The summed E-state index contributed by atoms with van der Waals surface area (Å²) in [4.78, 5) is 36.5. The lowest BCUT2D eigenvalue weighted by Crippen LogP contribution is -2.32. The largest absolute Gasteiger partial charge is 0.466 e. The first kappa shape index (κ1) is 20.2. The van der Waals surface area contributed by atoms with Crippen LogP contribution in [0.2, 0.25) is 0 Å². The molecule has 2 aliphatic rings. The summed E-state index contributed by atoms with van der Waals surface area (Å²) < 4.78 is 20.6. The Labute approximate surface area is 166 Å². The molecule has 0 fully saturated rings. The van der Waals surface area contributed by atoms with Gasteiger partial charge in [-0.15, -0.1) is 0 Å². The van der Waals surface area contributed by atoms with Crippen LogP contribution < -0.4 is 14.8 Å². The number of carbonyl (C=O) groups excluding carboxylic acids is 2. The third-order valence-electron chi connectivity index (χ3n) is 4.69. The van der Waals surface area contributed by atoms with E-state index in [1.807, 2.05) is 0 Å². The van der Waals surface area contributed by atoms with Crippen molar-refractivity contribution in [2.75, 3.05) is 20.5 Å². The number of allylic oxidation sites excluding steroid dienone is 2. The number of nitro benzene ring substituents is 1. The van der Waals surface area contributed by atoms with Crippen molar-refractivity contribution < 1.29 is 33.5 Å². The van der Waals surface area contributed by atoms with Crippen molar-refractivity contribution in [3.63, 3.8) is 0 Å². The zero-order chi connectivity index (χ0) is 21.3. The molecule has 0 amide bonds. The Morgan fingerprint density at radius 2 is 1.76 bits per heavy atom. The third-order valence-corrected chi connectivity index (χ3v) is 4.69. The molecule has 1 unspecified atom stereocenters. The Bertz CT molecular complexity index is 963. The zero-order valence-corrected chi connectivity index (χ0v) is 16.4. The topological polar surface area (TPSA) is 126 Å². The van der Waals surface area contributed by atoms with Crippen LogP contribution in [0.1, 0.15) is 32.3 Å². The molecule has 1 aromatic rings. The molecule has 2 aliphatic heterocycles. The summed E-state index contributed by atoms with van der Waals surface area (Å²) in [5.74, 6) is -2.00. The SMILES string of the molecule is CCOC(=O)C1=C(C)NC(C)=C(C(=O)OC)C1c1cc2c(cc1[N+](=O)[O-])OCO2. The second-order valence-corrected chi connectivity index (χ2v) is 6.37. The lowest BCUT2D eigenvalue weighted by Gasteiger charge is -2.30. The highest BCUT2D eigenvalue weighted by atomic mass is 16.7. The number of carbonyl (C=O) groups is 2. The van der Waals surface area contributed by atoms with E-state index in [1.165, 1.54) is 19.2 Å². The van der Waals surface area contributed by atoms with E-state index in [0.29, 0.717) is 11.4 Å². The molecule has 154 valence electrons. The van der Waals surface area contributed by atoms with Gasteiger partial charge in [-0.2, -0.15) is 0 Å². The summed E-state index contributed by atoms with van der Waals surface area (Å²) >= 11 is 0. The average Bonchev–Trinajstić information content (AvgIpc) is 3.13. The van der Waals surface area contributed by atoms with E-state index in [2.05, 4.69) is 5.32 Å². The maximum Gasteiger partial charge on any atom is 0.336 e. The quantitative estimate of drug-likeness (QED) is 0.447. The maximum absolute atomic E-state index is 12.7. The second kappa shape index (κ2) is 7.82. The lowest BCUT2D eigenvalue weighted by atomic mass is 9.79. The smallest absolute Gasteiger partial charge is 0.336 e. The number of dihydropyridines is 1. The Balaban J connectivity index is 2.30. The molecule has 29 heavy (non-hydrogen) atoms. The number of esters is 2. The molecule has 0 spiro atoms. The minimum absolute atomic E-state index is 0.0723. The van der Waals surface area contributed by atoms with Crippen LogP contribution in [0.5, 0.6) is 11.5 Å². The number of nitrogens with one attached hydrogen (secondary N) is 1. The van der Waals surface area contributed by atoms with Gasteiger partial charge in [0.15, 0.2) is 11.5 Å². The Morgan fingerprint density at radius 3 is 2.31 bits per heavy atom. The van der Waals surface area contributed by atoms with E-state index in [-0.39, 0.29) is 47.3 Å². The molecule has 0 aliphatic carbocycles. The number of hydrogen-bond acceptors (Lipinski definition) is 9. The van der Waals surface area contributed by atoms with Crippen molar-refractivity contribution in [2.45, 2.75) is 26.7 Å². The number of methoxy groups -OCH3 is 1. The molecule has 0 radical (unpaired) electrons. The summed E-state index contributed by atoms with van der Waals surface area (Å²) in [6, 6.07) is 2.64. The van der Waals surface area contributed by atoms with Gasteiger partial charge < -0.3 is 24.3 Å². The van der Waals surface area contributed by atoms with Crippen molar-refractivity contribution in [3.8, 4) is 11.5 Å². The van der Waals surface area contributed by atoms with Crippen LogP contribution >= 0.6 is 0 Å². The normalized spacial score (nSPS) is 17.7. The summed E-state index contributed by atoms with van der Waals surface area (Å²) in [6.07, 6.45) is 0. The van der Waals surface area contributed by atoms with Gasteiger partial charge in [0.25, 0.3) is 5.69 Å². The molecule has 1 aromatic carbocycles. The average molecular weight is 404 g/mol. The first-order chi connectivity index (χ1) is 13.8.